The van der Waals surface area contributed by atoms with Crippen LogP contribution >= 0.6 is 24.0 Å². The molecule has 1 saturated heterocycles. The van der Waals surface area contributed by atoms with E-state index in [9.17, 15) is 0 Å². The third-order valence-corrected chi connectivity index (χ3v) is 4.88. The molecule has 0 radical (unpaired) electrons. The first-order valence-corrected chi connectivity index (χ1v) is 9.07. The lowest BCUT2D eigenvalue weighted by Gasteiger charge is -2.17. The number of nitrogens with zero attached hydrogens (tertiary/aromatic N) is 3. The maximum absolute atomic E-state index is 6.04. The fraction of sp³-hybridized carbons (Fsp3) is 0.667. The van der Waals surface area contributed by atoms with Crippen LogP contribution in [0.25, 0.3) is 0 Å². The number of aliphatic imine (C=N–C) groups is 1. The molecule has 3 N–H and O–H groups in total. The molecule has 5 nitrogen and oxygen atoms in total. The van der Waals surface area contributed by atoms with Crippen LogP contribution in [0.4, 0.5) is 5.82 Å². The molecular weight excluding hydrogens is 413 g/mol. The number of pyridine rings is 1. The summed E-state index contributed by atoms with van der Waals surface area (Å²) < 4.78 is 0. The predicted molar refractivity (Wildman–Crippen MR) is 111 cm³/mol. The van der Waals surface area contributed by atoms with Crippen LogP contribution in [0.2, 0.25) is 0 Å². The number of guanidine groups is 1. The summed E-state index contributed by atoms with van der Waals surface area (Å²) in [5, 5.41) is 3.38. The van der Waals surface area contributed by atoms with E-state index in [0.717, 1.165) is 24.5 Å². The molecule has 3 rings (SSSR count). The summed E-state index contributed by atoms with van der Waals surface area (Å²) in [6, 6.07) is 4.71. The third-order valence-electron chi connectivity index (χ3n) is 4.88. The lowest BCUT2D eigenvalue weighted by molar-refractivity contribution is 0.530. The van der Waals surface area contributed by atoms with Gasteiger partial charge in [0.05, 0.1) is 6.54 Å². The van der Waals surface area contributed by atoms with Gasteiger partial charge in [-0.2, -0.15) is 0 Å². The minimum absolute atomic E-state index is 0. The maximum atomic E-state index is 6.04. The van der Waals surface area contributed by atoms with Gasteiger partial charge in [0.1, 0.15) is 5.82 Å². The molecule has 0 spiro atoms. The van der Waals surface area contributed by atoms with Gasteiger partial charge in [-0.25, -0.2) is 9.98 Å². The van der Waals surface area contributed by atoms with E-state index in [0.29, 0.717) is 18.5 Å². The fourth-order valence-electron chi connectivity index (χ4n) is 3.50. The van der Waals surface area contributed by atoms with Gasteiger partial charge in [-0.1, -0.05) is 31.7 Å². The second-order valence-corrected chi connectivity index (χ2v) is 6.75. The topological polar surface area (TPSA) is 66.5 Å². The highest BCUT2D eigenvalue weighted by Crippen LogP contribution is 2.18. The number of hydrogen-bond donors (Lipinski definition) is 2. The van der Waals surface area contributed by atoms with E-state index in [-0.39, 0.29) is 24.0 Å². The van der Waals surface area contributed by atoms with Crippen molar-refractivity contribution in [3.05, 3.63) is 23.9 Å². The Labute approximate surface area is 162 Å². The van der Waals surface area contributed by atoms with Gasteiger partial charge < -0.3 is 16.0 Å². The number of nitrogens with one attached hydrogen (secondary N) is 1. The minimum Gasteiger partial charge on any atom is -0.370 e. The zero-order chi connectivity index (χ0) is 15.9. The zero-order valence-electron chi connectivity index (χ0n) is 14.4. The molecule has 0 aromatic carbocycles. The Kier molecular flexibility index (Phi) is 8.08. The molecular formula is C18H30IN5. The van der Waals surface area contributed by atoms with Crippen LogP contribution in [0.5, 0.6) is 0 Å². The zero-order valence-corrected chi connectivity index (χ0v) is 16.7. The van der Waals surface area contributed by atoms with E-state index < -0.39 is 0 Å². The minimum atomic E-state index is 0. The summed E-state index contributed by atoms with van der Waals surface area (Å²) >= 11 is 0. The van der Waals surface area contributed by atoms with Crippen molar-refractivity contribution in [3.63, 3.8) is 0 Å². The van der Waals surface area contributed by atoms with Crippen LogP contribution in [-0.2, 0) is 6.54 Å². The number of halogens is 1. The summed E-state index contributed by atoms with van der Waals surface area (Å²) in [4.78, 5) is 11.4. The number of anilines is 1. The highest BCUT2D eigenvalue weighted by molar-refractivity contribution is 14.0. The number of rotatable bonds is 4. The van der Waals surface area contributed by atoms with Crippen molar-refractivity contribution in [3.8, 4) is 0 Å². The van der Waals surface area contributed by atoms with E-state index in [1.807, 2.05) is 6.20 Å². The largest absolute Gasteiger partial charge is 0.370 e. The first-order valence-electron chi connectivity index (χ1n) is 9.07. The molecule has 1 aromatic rings. The van der Waals surface area contributed by atoms with Crippen LogP contribution in [0.3, 0.4) is 0 Å². The quantitative estimate of drug-likeness (QED) is 0.324. The average molecular weight is 443 g/mol. The summed E-state index contributed by atoms with van der Waals surface area (Å²) in [6.07, 6.45) is 12.2. The molecule has 0 amide bonds. The molecule has 134 valence electrons. The standard InChI is InChI=1S/C18H29N5.HI/c19-18(22-16-7-3-1-2-4-8-16)21-14-15-9-10-17(20-13-15)23-11-5-6-12-23;/h9-10,13,16H,1-8,11-12,14H2,(H3,19,21,22);1H. The van der Waals surface area contributed by atoms with E-state index in [1.165, 1.54) is 51.4 Å². The highest BCUT2D eigenvalue weighted by atomic mass is 127. The van der Waals surface area contributed by atoms with E-state index >= 15 is 0 Å². The Balaban J connectivity index is 0.00000208. The van der Waals surface area contributed by atoms with Crippen molar-refractivity contribution in [2.24, 2.45) is 10.7 Å². The number of hydrogen-bond acceptors (Lipinski definition) is 3. The normalized spacial score (nSPS) is 19.7. The summed E-state index contributed by atoms with van der Waals surface area (Å²) in [5.41, 5.74) is 7.15. The predicted octanol–water partition coefficient (Wildman–Crippen LogP) is 3.43. The second kappa shape index (κ2) is 10.1. The van der Waals surface area contributed by atoms with Crippen LogP contribution in [0.1, 0.15) is 56.9 Å². The highest BCUT2D eigenvalue weighted by Gasteiger charge is 2.13. The Morgan fingerprint density at radius 1 is 1.12 bits per heavy atom. The van der Waals surface area contributed by atoms with Crippen LogP contribution in [0, 0.1) is 0 Å². The van der Waals surface area contributed by atoms with Crippen LogP contribution in [-0.4, -0.2) is 30.1 Å². The van der Waals surface area contributed by atoms with Gasteiger partial charge in [-0.15, -0.1) is 24.0 Å². The lowest BCUT2D eigenvalue weighted by atomic mass is 10.1. The summed E-state index contributed by atoms with van der Waals surface area (Å²) in [6.45, 7) is 2.85. The summed E-state index contributed by atoms with van der Waals surface area (Å²) in [5.74, 6) is 1.65. The Hall–Kier alpha value is -1.05. The van der Waals surface area contributed by atoms with Gasteiger partial charge in [0.2, 0.25) is 0 Å². The van der Waals surface area contributed by atoms with Crippen molar-refractivity contribution in [1.82, 2.24) is 10.3 Å². The lowest BCUT2D eigenvalue weighted by Crippen LogP contribution is -2.39. The van der Waals surface area contributed by atoms with Crippen molar-refractivity contribution in [1.29, 1.82) is 0 Å². The van der Waals surface area contributed by atoms with Gasteiger partial charge in [0.25, 0.3) is 0 Å². The van der Waals surface area contributed by atoms with Crippen LogP contribution < -0.4 is 16.0 Å². The molecule has 1 saturated carbocycles. The van der Waals surface area contributed by atoms with Gasteiger partial charge >= 0.3 is 0 Å². The van der Waals surface area contributed by atoms with E-state index in [1.54, 1.807) is 0 Å². The molecule has 0 unspecified atom stereocenters. The van der Waals surface area contributed by atoms with Gasteiger partial charge in [0, 0.05) is 25.3 Å². The molecule has 24 heavy (non-hydrogen) atoms. The smallest absolute Gasteiger partial charge is 0.189 e. The third kappa shape index (κ3) is 5.79. The van der Waals surface area contributed by atoms with Crippen LogP contribution in [0.15, 0.2) is 23.3 Å². The van der Waals surface area contributed by atoms with Gasteiger partial charge in [-0.3, -0.25) is 0 Å². The molecule has 2 aliphatic rings. The molecule has 1 aliphatic carbocycles. The Bertz CT molecular complexity index is 503. The fourth-order valence-corrected chi connectivity index (χ4v) is 3.50. The van der Waals surface area contributed by atoms with E-state index in [4.69, 9.17) is 5.73 Å². The van der Waals surface area contributed by atoms with Gasteiger partial charge in [0.15, 0.2) is 5.96 Å². The van der Waals surface area contributed by atoms with E-state index in [2.05, 4.69) is 32.3 Å². The molecule has 1 aliphatic heterocycles. The first-order chi connectivity index (χ1) is 11.3. The molecule has 6 heteroatoms. The molecule has 0 bridgehead atoms. The Morgan fingerprint density at radius 2 is 1.83 bits per heavy atom. The number of nitrogens with two attached hydrogens (primary N) is 1. The Morgan fingerprint density at radius 3 is 2.46 bits per heavy atom. The monoisotopic (exact) mass is 443 g/mol. The maximum Gasteiger partial charge on any atom is 0.189 e. The summed E-state index contributed by atoms with van der Waals surface area (Å²) in [7, 11) is 0. The first kappa shape index (κ1) is 19.3. The molecule has 2 heterocycles. The van der Waals surface area contributed by atoms with Gasteiger partial charge in [-0.05, 0) is 37.3 Å². The van der Waals surface area contributed by atoms with Crippen molar-refractivity contribution in [2.45, 2.75) is 64.0 Å². The van der Waals surface area contributed by atoms with Crippen molar-refractivity contribution in [2.75, 3.05) is 18.0 Å². The molecule has 1 aromatic heterocycles. The van der Waals surface area contributed by atoms with Crippen molar-refractivity contribution >= 4 is 35.8 Å². The average Bonchev–Trinajstić information content (AvgIpc) is 2.99. The molecule has 2 fully saturated rings. The second-order valence-electron chi connectivity index (χ2n) is 6.75. The number of aromatic nitrogens is 1. The molecule has 0 atom stereocenters. The SMILES string of the molecule is I.NC(=NCc1ccc(N2CCCC2)nc1)NC1CCCCCC1. The van der Waals surface area contributed by atoms with Crippen molar-refractivity contribution < 1.29 is 0 Å².